The van der Waals surface area contributed by atoms with Gasteiger partial charge in [-0.3, -0.25) is 9.69 Å². The highest BCUT2D eigenvalue weighted by Gasteiger charge is 2.33. The van der Waals surface area contributed by atoms with E-state index >= 15 is 0 Å². The molecule has 0 aliphatic heterocycles. The monoisotopic (exact) mass is 461 g/mol. The van der Waals surface area contributed by atoms with Crippen LogP contribution in [-0.2, 0) is 22.6 Å². The maximum absolute atomic E-state index is 13.3. The van der Waals surface area contributed by atoms with Gasteiger partial charge in [0.25, 0.3) is 0 Å². The molecule has 0 bridgehead atoms. The van der Waals surface area contributed by atoms with Crippen molar-refractivity contribution in [2.75, 3.05) is 6.61 Å². The van der Waals surface area contributed by atoms with Gasteiger partial charge >= 0.3 is 5.97 Å². The van der Waals surface area contributed by atoms with Gasteiger partial charge in [0.1, 0.15) is 6.04 Å². The van der Waals surface area contributed by atoms with Crippen LogP contribution in [-0.4, -0.2) is 23.5 Å². The first-order valence-corrected chi connectivity index (χ1v) is 13.4. The van der Waals surface area contributed by atoms with E-state index < -0.39 is 0 Å². The number of carbonyl (C=O) groups excluding carboxylic acids is 1. The van der Waals surface area contributed by atoms with Crippen molar-refractivity contribution in [2.45, 2.75) is 90.8 Å². The Bertz CT molecular complexity index is 816. The van der Waals surface area contributed by atoms with Gasteiger partial charge in [0, 0.05) is 13.1 Å². The average Bonchev–Trinajstić information content (AvgIpc) is 3.70. The topological polar surface area (TPSA) is 29.5 Å². The zero-order valence-electron chi connectivity index (χ0n) is 21.3. The second-order valence-electron chi connectivity index (χ2n) is 9.60. The van der Waals surface area contributed by atoms with E-state index in [0.717, 1.165) is 25.9 Å². The summed E-state index contributed by atoms with van der Waals surface area (Å²) in [7, 11) is 0. The third-order valence-corrected chi connectivity index (χ3v) is 6.70. The molecule has 1 saturated carbocycles. The van der Waals surface area contributed by atoms with E-state index in [0.29, 0.717) is 12.5 Å². The quantitative estimate of drug-likeness (QED) is 0.146. The van der Waals surface area contributed by atoms with Crippen molar-refractivity contribution in [2.24, 2.45) is 5.92 Å². The van der Waals surface area contributed by atoms with Gasteiger partial charge in [-0.1, -0.05) is 105 Å². The number of allylic oxidation sites excluding steroid dienone is 1. The van der Waals surface area contributed by atoms with Crippen LogP contribution in [0.2, 0.25) is 0 Å². The molecule has 0 aromatic heterocycles. The number of esters is 1. The minimum absolute atomic E-state index is 0.0936. The molecule has 3 heteroatoms. The van der Waals surface area contributed by atoms with Crippen LogP contribution in [0.1, 0.15) is 82.8 Å². The molecular weight excluding hydrogens is 418 g/mol. The number of nitrogens with zero attached hydrogens (tertiary/aromatic N) is 1. The summed E-state index contributed by atoms with van der Waals surface area (Å²) in [4.78, 5) is 15.6. The lowest BCUT2D eigenvalue weighted by Gasteiger charge is -2.31. The Balaban J connectivity index is 1.79. The standard InChI is InChI=1S/C31H43NO2/c1-3-5-6-7-8-15-20-29(28-21-22-28)23-30(31(33)34-4-2)32(24-26-16-11-9-12-17-26)25-27-18-13-10-14-19-27/h9-14,16-20,28,30H,3-8,15,21-25H2,1-2H3/b29-20-. The Labute approximate surface area is 207 Å². The number of rotatable bonds is 16. The Hall–Kier alpha value is -2.39. The molecule has 1 atom stereocenters. The van der Waals surface area contributed by atoms with Crippen molar-refractivity contribution in [1.82, 2.24) is 4.90 Å². The van der Waals surface area contributed by atoms with Gasteiger partial charge in [-0.25, -0.2) is 0 Å². The average molecular weight is 462 g/mol. The van der Waals surface area contributed by atoms with Gasteiger partial charge in [0.05, 0.1) is 6.61 Å². The molecule has 0 amide bonds. The summed E-state index contributed by atoms with van der Waals surface area (Å²) in [5, 5.41) is 0. The van der Waals surface area contributed by atoms with Crippen LogP contribution in [0.3, 0.4) is 0 Å². The van der Waals surface area contributed by atoms with Crippen LogP contribution in [0.25, 0.3) is 0 Å². The summed E-state index contributed by atoms with van der Waals surface area (Å²) >= 11 is 0. The SMILES string of the molecule is CCCCCCC/C=C(/CC(C(=O)OCC)N(Cc1ccccc1)Cc1ccccc1)C1CC1. The highest BCUT2D eigenvalue weighted by atomic mass is 16.5. The third-order valence-electron chi connectivity index (χ3n) is 6.70. The van der Waals surface area contributed by atoms with Crippen molar-refractivity contribution >= 4 is 5.97 Å². The largest absolute Gasteiger partial charge is 0.465 e. The van der Waals surface area contributed by atoms with E-state index in [2.05, 4.69) is 66.4 Å². The fourth-order valence-corrected chi connectivity index (χ4v) is 4.64. The molecule has 2 aromatic rings. The summed E-state index contributed by atoms with van der Waals surface area (Å²) < 4.78 is 5.62. The lowest BCUT2D eigenvalue weighted by Crippen LogP contribution is -2.42. The van der Waals surface area contributed by atoms with Crippen molar-refractivity contribution in [1.29, 1.82) is 0 Å². The number of ether oxygens (including phenoxy) is 1. The second kappa shape index (κ2) is 14.8. The molecule has 1 aliphatic carbocycles. The minimum Gasteiger partial charge on any atom is -0.465 e. The Morgan fingerprint density at radius 3 is 2.03 bits per heavy atom. The van der Waals surface area contributed by atoms with Crippen molar-refractivity contribution in [3.8, 4) is 0 Å². The Morgan fingerprint density at radius 2 is 1.50 bits per heavy atom. The van der Waals surface area contributed by atoms with Crippen molar-refractivity contribution < 1.29 is 9.53 Å². The number of benzene rings is 2. The lowest BCUT2D eigenvalue weighted by molar-refractivity contribution is -0.150. The van der Waals surface area contributed by atoms with E-state index in [9.17, 15) is 4.79 Å². The highest BCUT2D eigenvalue weighted by Crippen LogP contribution is 2.40. The first-order valence-electron chi connectivity index (χ1n) is 13.4. The molecule has 1 fully saturated rings. The smallest absolute Gasteiger partial charge is 0.323 e. The molecule has 0 heterocycles. The van der Waals surface area contributed by atoms with E-state index in [1.54, 1.807) is 0 Å². The third kappa shape index (κ3) is 9.10. The normalized spacial score (nSPS) is 14.9. The first-order chi connectivity index (χ1) is 16.7. The molecule has 0 saturated heterocycles. The number of carbonyl (C=O) groups is 1. The molecule has 0 spiro atoms. The molecule has 34 heavy (non-hydrogen) atoms. The minimum atomic E-state index is -0.271. The van der Waals surface area contributed by atoms with Crippen LogP contribution in [0.4, 0.5) is 0 Å². The molecule has 1 aliphatic rings. The maximum atomic E-state index is 13.3. The maximum Gasteiger partial charge on any atom is 0.323 e. The van der Waals surface area contributed by atoms with E-state index in [1.165, 1.54) is 61.6 Å². The van der Waals surface area contributed by atoms with Crippen LogP contribution in [0, 0.1) is 5.92 Å². The van der Waals surface area contributed by atoms with Gasteiger partial charge < -0.3 is 4.74 Å². The molecule has 0 N–H and O–H groups in total. The Morgan fingerprint density at radius 1 is 0.912 bits per heavy atom. The molecular formula is C31H43NO2. The summed E-state index contributed by atoms with van der Waals surface area (Å²) in [6.07, 6.45) is 13.4. The zero-order valence-corrected chi connectivity index (χ0v) is 21.3. The predicted octanol–water partition coefficient (Wildman–Crippen LogP) is 7.71. The molecule has 0 radical (unpaired) electrons. The zero-order chi connectivity index (χ0) is 24.0. The van der Waals surface area contributed by atoms with E-state index in [1.807, 2.05) is 19.1 Å². The molecule has 3 nitrogen and oxygen atoms in total. The van der Waals surface area contributed by atoms with Gasteiger partial charge in [-0.05, 0) is 56.1 Å². The van der Waals surface area contributed by atoms with Crippen LogP contribution < -0.4 is 0 Å². The molecule has 184 valence electrons. The van der Waals surface area contributed by atoms with Gasteiger partial charge in [0.15, 0.2) is 0 Å². The van der Waals surface area contributed by atoms with Crippen molar-refractivity contribution in [3.63, 3.8) is 0 Å². The van der Waals surface area contributed by atoms with Gasteiger partial charge in [0.2, 0.25) is 0 Å². The number of hydrogen-bond acceptors (Lipinski definition) is 3. The lowest BCUT2D eigenvalue weighted by atomic mass is 9.97. The highest BCUT2D eigenvalue weighted by molar-refractivity contribution is 5.76. The summed E-state index contributed by atoms with van der Waals surface area (Å²) in [6, 6.07) is 20.7. The second-order valence-corrected chi connectivity index (χ2v) is 9.60. The number of unbranched alkanes of at least 4 members (excludes halogenated alkanes) is 5. The van der Waals surface area contributed by atoms with Gasteiger partial charge in [-0.15, -0.1) is 0 Å². The van der Waals surface area contributed by atoms with Crippen molar-refractivity contribution in [3.05, 3.63) is 83.4 Å². The summed E-state index contributed by atoms with van der Waals surface area (Å²) in [6.45, 7) is 6.04. The van der Waals surface area contributed by atoms with Gasteiger partial charge in [-0.2, -0.15) is 0 Å². The number of hydrogen-bond donors (Lipinski definition) is 0. The van der Waals surface area contributed by atoms with Crippen LogP contribution in [0.15, 0.2) is 72.3 Å². The fourth-order valence-electron chi connectivity index (χ4n) is 4.64. The summed E-state index contributed by atoms with van der Waals surface area (Å²) in [5.74, 6) is 0.562. The van der Waals surface area contributed by atoms with Crippen LogP contribution >= 0.6 is 0 Å². The molecule has 3 rings (SSSR count). The predicted molar refractivity (Wildman–Crippen MR) is 141 cm³/mol. The summed E-state index contributed by atoms with van der Waals surface area (Å²) in [5.41, 5.74) is 3.92. The fraction of sp³-hybridized carbons (Fsp3) is 0.516. The first kappa shape index (κ1) is 26.2. The molecule has 1 unspecified atom stereocenters. The van der Waals surface area contributed by atoms with E-state index in [4.69, 9.17) is 4.74 Å². The van der Waals surface area contributed by atoms with Crippen LogP contribution in [0.5, 0.6) is 0 Å². The Kier molecular flexibility index (Phi) is 11.4. The molecule has 2 aromatic carbocycles. The van der Waals surface area contributed by atoms with E-state index in [-0.39, 0.29) is 12.0 Å².